The maximum atomic E-state index is 6.23. The minimum Gasteiger partial charge on any atom is -0.378 e. The van der Waals surface area contributed by atoms with Crippen molar-refractivity contribution in [3.05, 3.63) is 34.9 Å². The van der Waals surface area contributed by atoms with E-state index in [1.165, 1.54) is 83.5 Å². The zero-order valence-corrected chi connectivity index (χ0v) is 18.4. The molecule has 2 fully saturated rings. The van der Waals surface area contributed by atoms with E-state index >= 15 is 0 Å². The Morgan fingerprint density at radius 2 is 1.75 bits per heavy atom. The van der Waals surface area contributed by atoms with Crippen molar-refractivity contribution >= 4 is 0 Å². The number of benzene rings is 1. The molecule has 1 aromatic carbocycles. The Kier molecular flexibility index (Phi) is 7.15. The molecule has 2 saturated carbocycles. The van der Waals surface area contributed by atoms with Crippen LogP contribution in [0.3, 0.4) is 0 Å². The fraction of sp³-hybridized carbons (Fsp3) is 0.778. The normalized spacial score (nSPS) is 32.6. The molecule has 0 spiro atoms. The monoisotopic (exact) mass is 382 g/mol. The molecule has 3 aliphatic rings. The van der Waals surface area contributed by atoms with Gasteiger partial charge in [0.1, 0.15) is 0 Å². The Morgan fingerprint density at radius 1 is 0.893 bits per heavy atom. The lowest BCUT2D eigenvalue weighted by molar-refractivity contribution is -0.0162. The van der Waals surface area contributed by atoms with E-state index in [-0.39, 0.29) is 0 Å². The van der Waals surface area contributed by atoms with Crippen molar-refractivity contribution in [2.45, 2.75) is 109 Å². The van der Waals surface area contributed by atoms with Crippen molar-refractivity contribution in [3.63, 3.8) is 0 Å². The summed E-state index contributed by atoms with van der Waals surface area (Å²) in [6.45, 7) is 5.62. The van der Waals surface area contributed by atoms with E-state index < -0.39 is 0 Å². The standard InChI is InChI=1S/C27H42O/c1-3-5-6-15-28-27-14-13-25-18-24(11-12-26(25)19-27)23-10-9-21-16-20(4-2)7-8-22(21)17-23/h9-10,17,20,24-27H,3-8,11-16,18-19H2,1-2H3. The maximum absolute atomic E-state index is 6.23. The van der Waals surface area contributed by atoms with Crippen molar-refractivity contribution in [1.29, 1.82) is 0 Å². The van der Waals surface area contributed by atoms with Crippen LogP contribution in [0.5, 0.6) is 0 Å². The molecule has 1 heteroatoms. The highest BCUT2D eigenvalue weighted by molar-refractivity contribution is 5.36. The highest BCUT2D eigenvalue weighted by Crippen LogP contribution is 2.47. The van der Waals surface area contributed by atoms with Crippen LogP contribution in [0, 0.1) is 17.8 Å². The Labute approximate surface area is 173 Å². The second-order valence-electron chi connectivity index (χ2n) is 10.1. The summed E-state index contributed by atoms with van der Waals surface area (Å²) >= 11 is 0. The molecule has 4 rings (SSSR count). The fourth-order valence-corrected chi connectivity index (χ4v) is 6.36. The predicted octanol–water partition coefficient (Wildman–Crippen LogP) is 7.46. The van der Waals surface area contributed by atoms with Gasteiger partial charge in [0.05, 0.1) is 6.10 Å². The second-order valence-corrected chi connectivity index (χ2v) is 10.1. The summed E-state index contributed by atoms with van der Waals surface area (Å²) in [7, 11) is 0. The lowest BCUT2D eigenvalue weighted by Crippen LogP contribution is -2.34. The molecule has 1 aromatic rings. The summed E-state index contributed by atoms with van der Waals surface area (Å²) in [6, 6.07) is 7.58. The van der Waals surface area contributed by atoms with Crippen LogP contribution in [0.25, 0.3) is 0 Å². The quantitative estimate of drug-likeness (QED) is 0.445. The molecular weight excluding hydrogens is 340 g/mol. The van der Waals surface area contributed by atoms with Crippen molar-refractivity contribution in [3.8, 4) is 0 Å². The number of ether oxygens (including phenoxy) is 1. The zero-order chi connectivity index (χ0) is 19.3. The Hall–Kier alpha value is -0.820. The number of aryl methyl sites for hydroxylation is 1. The van der Waals surface area contributed by atoms with Gasteiger partial charge < -0.3 is 4.74 Å². The molecule has 0 bridgehead atoms. The first kappa shape index (κ1) is 20.5. The third-order valence-electron chi connectivity index (χ3n) is 8.28. The van der Waals surface area contributed by atoms with Crippen LogP contribution in [-0.2, 0) is 17.6 Å². The van der Waals surface area contributed by atoms with E-state index in [9.17, 15) is 0 Å². The summed E-state index contributed by atoms with van der Waals surface area (Å²) in [6.07, 6.45) is 18.1. The molecule has 156 valence electrons. The van der Waals surface area contributed by atoms with Crippen LogP contribution in [0.1, 0.15) is 107 Å². The van der Waals surface area contributed by atoms with E-state index in [2.05, 4.69) is 32.0 Å². The van der Waals surface area contributed by atoms with Gasteiger partial charge in [-0.15, -0.1) is 0 Å². The second kappa shape index (κ2) is 9.79. The predicted molar refractivity (Wildman–Crippen MR) is 119 cm³/mol. The van der Waals surface area contributed by atoms with E-state index in [0.717, 1.165) is 30.3 Å². The van der Waals surface area contributed by atoms with Crippen molar-refractivity contribution < 1.29 is 4.74 Å². The van der Waals surface area contributed by atoms with E-state index in [0.29, 0.717) is 6.10 Å². The highest BCUT2D eigenvalue weighted by atomic mass is 16.5. The molecule has 0 radical (unpaired) electrons. The average molecular weight is 383 g/mol. The Balaban J connectivity index is 1.30. The molecule has 0 N–H and O–H groups in total. The van der Waals surface area contributed by atoms with Gasteiger partial charge in [-0.3, -0.25) is 0 Å². The molecular formula is C27H42O. The first-order chi connectivity index (χ1) is 13.8. The third-order valence-corrected chi connectivity index (χ3v) is 8.28. The van der Waals surface area contributed by atoms with Gasteiger partial charge in [-0.1, -0.05) is 51.3 Å². The van der Waals surface area contributed by atoms with Gasteiger partial charge in [-0.05, 0) is 105 Å². The smallest absolute Gasteiger partial charge is 0.0578 e. The van der Waals surface area contributed by atoms with E-state index in [4.69, 9.17) is 4.74 Å². The average Bonchev–Trinajstić information content (AvgIpc) is 2.75. The van der Waals surface area contributed by atoms with Crippen molar-refractivity contribution in [2.75, 3.05) is 6.61 Å². The molecule has 0 heterocycles. The molecule has 0 aromatic heterocycles. The summed E-state index contributed by atoms with van der Waals surface area (Å²) < 4.78 is 6.23. The molecule has 3 aliphatic carbocycles. The first-order valence-corrected chi connectivity index (χ1v) is 12.5. The van der Waals surface area contributed by atoms with E-state index in [1.54, 1.807) is 16.7 Å². The Morgan fingerprint density at radius 3 is 2.61 bits per heavy atom. The SMILES string of the molecule is CCCCCOC1CCC2CC(c3ccc4c(c3)CCC(CC)C4)CCC2C1. The number of unbranched alkanes of at least 4 members (excludes halogenated alkanes) is 2. The van der Waals surface area contributed by atoms with Crippen molar-refractivity contribution in [2.24, 2.45) is 17.8 Å². The van der Waals surface area contributed by atoms with Crippen LogP contribution in [0.2, 0.25) is 0 Å². The van der Waals surface area contributed by atoms with Gasteiger partial charge in [0.2, 0.25) is 0 Å². The molecule has 5 unspecified atom stereocenters. The van der Waals surface area contributed by atoms with Gasteiger partial charge in [-0.25, -0.2) is 0 Å². The summed E-state index contributed by atoms with van der Waals surface area (Å²) in [5.41, 5.74) is 4.98. The summed E-state index contributed by atoms with van der Waals surface area (Å²) in [5.74, 6) is 3.63. The summed E-state index contributed by atoms with van der Waals surface area (Å²) in [4.78, 5) is 0. The number of fused-ring (bicyclic) bond motifs is 2. The van der Waals surface area contributed by atoms with Crippen LogP contribution >= 0.6 is 0 Å². The molecule has 0 saturated heterocycles. The highest BCUT2D eigenvalue weighted by Gasteiger charge is 2.36. The third kappa shape index (κ3) is 4.84. The molecule has 1 nitrogen and oxygen atoms in total. The topological polar surface area (TPSA) is 9.23 Å². The van der Waals surface area contributed by atoms with Crippen LogP contribution in [0.15, 0.2) is 18.2 Å². The fourth-order valence-electron chi connectivity index (χ4n) is 6.36. The number of hydrogen-bond acceptors (Lipinski definition) is 1. The minimum absolute atomic E-state index is 0.560. The molecule has 5 atom stereocenters. The van der Waals surface area contributed by atoms with Crippen LogP contribution < -0.4 is 0 Å². The minimum atomic E-state index is 0.560. The lowest BCUT2D eigenvalue weighted by atomic mass is 9.65. The molecule has 0 amide bonds. The largest absolute Gasteiger partial charge is 0.378 e. The van der Waals surface area contributed by atoms with Gasteiger partial charge in [0.15, 0.2) is 0 Å². The van der Waals surface area contributed by atoms with Crippen LogP contribution in [-0.4, -0.2) is 12.7 Å². The first-order valence-electron chi connectivity index (χ1n) is 12.5. The van der Waals surface area contributed by atoms with Gasteiger partial charge in [0.25, 0.3) is 0 Å². The van der Waals surface area contributed by atoms with Gasteiger partial charge in [-0.2, -0.15) is 0 Å². The number of rotatable bonds is 7. The zero-order valence-electron chi connectivity index (χ0n) is 18.4. The number of hydrogen-bond donors (Lipinski definition) is 0. The molecule has 28 heavy (non-hydrogen) atoms. The maximum Gasteiger partial charge on any atom is 0.0578 e. The van der Waals surface area contributed by atoms with Crippen molar-refractivity contribution in [1.82, 2.24) is 0 Å². The van der Waals surface area contributed by atoms with Gasteiger partial charge in [0, 0.05) is 6.61 Å². The molecule has 0 aliphatic heterocycles. The van der Waals surface area contributed by atoms with E-state index in [1.807, 2.05) is 0 Å². The Bertz CT molecular complexity index is 621. The van der Waals surface area contributed by atoms with Gasteiger partial charge >= 0.3 is 0 Å². The summed E-state index contributed by atoms with van der Waals surface area (Å²) in [5, 5.41) is 0. The lowest BCUT2D eigenvalue weighted by Gasteiger charge is -2.42. The van der Waals surface area contributed by atoms with Crippen LogP contribution in [0.4, 0.5) is 0 Å².